The first-order chi connectivity index (χ1) is 15.7. The van der Waals surface area contributed by atoms with Crippen LogP contribution in [0.5, 0.6) is 5.75 Å². The maximum atomic E-state index is 12.4. The molecule has 0 bridgehead atoms. The van der Waals surface area contributed by atoms with Gasteiger partial charge in [0.1, 0.15) is 18.2 Å². The van der Waals surface area contributed by atoms with Crippen LogP contribution in [0.1, 0.15) is 24.2 Å². The van der Waals surface area contributed by atoms with Crippen molar-refractivity contribution in [2.24, 2.45) is 5.92 Å². The van der Waals surface area contributed by atoms with Crippen molar-refractivity contribution in [3.05, 3.63) is 48.2 Å². The molecule has 1 aromatic carbocycles. The van der Waals surface area contributed by atoms with Gasteiger partial charge in [0.15, 0.2) is 0 Å². The van der Waals surface area contributed by atoms with Gasteiger partial charge in [-0.2, -0.15) is 18.2 Å². The van der Waals surface area contributed by atoms with Gasteiger partial charge in [0, 0.05) is 30.6 Å². The normalized spacial score (nSPS) is 13.8. The van der Waals surface area contributed by atoms with E-state index >= 15 is 0 Å². The molecule has 1 fully saturated rings. The van der Waals surface area contributed by atoms with Crippen LogP contribution in [-0.2, 0) is 11.3 Å². The number of ether oxygens (including phenoxy) is 2. The number of nitrogen functional groups attached to an aromatic ring is 1. The molecule has 0 atom stereocenters. The lowest BCUT2D eigenvalue weighted by atomic mass is 10.2. The fraction of sp³-hybridized carbons (Fsp3) is 0.409. The number of rotatable bonds is 9. The molecule has 1 aliphatic rings. The molecule has 0 spiro atoms. The van der Waals surface area contributed by atoms with E-state index in [4.69, 9.17) is 15.2 Å². The molecule has 3 aromatic rings. The van der Waals surface area contributed by atoms with Crippen molar-refractivity contribution in [2.75, 3.05) is 30.9 Å². The van der Waals surface area contributed by atoms with Gasteiger partial charge in [-0.3, -0.25) is 0 Å². The van der Waals surface area contributed by atoms with E-state index < -0.39 is 12.8 Å². The van der Waals surface area contributed by atoms with Crippen LogP contribution >= 0.6 is 0 Å². The van der Waals surface area contributed by atoms with E-state index in [0.717, 1.165) is 29.9 Å². The Kier molecular flexibility index (Phi) is 6.41. The molecule has 8 nitrogen and oxygen atoms in total. The summed E-state index contributed by atoms with van der Waals surface area (Å²) in [6.07, 6.45) is 1.37. The summed E-state index contributed by atoms with van der Waals surface area (Å²) in [6.45, 7) is 0.879. The highest BCUT2D eigenvalue weighted by atomic mass is 19.4. The monoisotopic (exact) mass is 462 g/mol. The maximum absolute atomic E-state index is 12.4. The summed E-state index contributed by atoms with van der Waals surface area (Å²) in [7, 11) is 1.59. The summed E-state index contributed by atoms with van der Waals surface area (Å²) >= 11 is 0. The van der Waals surface area contributed by atoms with Gasteiger partial charge in [0.05, 0.1) is 37.1 Å². The van der Waals surface area contributed by atoms with Crippen LogP contribution < -0.4 is 15.4 Å². The molecule has 1 saturated carbocycles. The van der Waals surface area contributed by atoms with E-state index in [9.17, 15) is 13.2 Å². The van der Waals surface area contributed by atoms with Crippen LogP contribution in [0.3, 0.4) is 0 Å². The van der Waals surface area contributed by atoms with Gasteiger partial charge in [-0.1, -0.05) is 0 Å². The second kappa shape index (κ2) is 9.26. The molecule has 2 aromatic heterocycles. The first kappa shape index (κ1) is 22.8. The van der Waals surface area contributed by atoms with Gasteiger partial charge >= 0.3 is 6.18 Å². The third kappa shape index (κ3) is 5.92. The minimum Gasteiger partial charge on any atom is -0.494 e. The van der Waals surface area contributed by atoms with E-state index in [2.05, 4.69) is 15.0 Å². The Labute approximate surface area is 189 Å². The van der Waals surface area contributed by atoms with E-state index in [1.165, 1.54) is 6.07 Å². The van der Waals surface area contributed by atoms with Gasteiger partial charge in [0.2, 0.25) is 5.95 Å². The van der Waals surface area contributed by atoms with Crippen LogP contribution in [-0.4, -0.2) is 46.0 Å². The summed E-state index contributed by atoms with van der Waals surface area (Å²) in [5.74, 6) is 1.56. The molecule has 0 unspecified atom stereocenters. The van der Waals surface area contributed by atoms with Crippen LogP contribution in [0.4, 0.5) is 30.6 Å². The number of aromatic nitrogens is 4. The fourth-order valence-electron chi connectivity index (χ4n) is 3.43. The Bertz CT molecular complexity index is 1110. The van der Waals surface area contributed by atoms with Gasteiger partial charge in [-0.15, -0.1) is 0 Å². The second-order valence-corrected chi connectivity index (χ2v) is 8.02. The lowest BCUT2D eigenvalue weighted by molar-refractivity contribution is -0.176. The topological polar surface area (TPSA) is 91.3 Å². The Morgan fingerprint density at radius 1 is 1.21 bits per heavy atom. The number of benzene rings is 1. The molecule has 33 heavy (non-hydrogen) atoms. The average Bonchev–Trinajstić information content (AvgIpc) is 3.48. The zero-order valence-corrected chi connectivity index (χ0v) is 18.3. The number of hydrogen-bond donors (Lipinski definition) is 1. The van der Waals surface area contributed by atoms with E-state index in [0.29, 0.717) is 24.2 Å². The summed E-state index contributed by atoms with van der Waals surface area (Å²) in [6, 6.07) is 7.12. The predicted octanol–water partition coefficient (Wildman–Crippen LogP) is 4.19. The molecular weight excluding hydrogens is 437 g/mol. The van der Waals surface area contributed by atoms with Crippen molar-refractivity contribution in [2.45, 2.75) is 32.5 Å². The van der Waals surface area contributed by atoms with E-state index in [1.807, 2.05) is 40.8 Å². The lowest BCUT2D eigenvalue weighted by Gasteiger charge is -2.24. The number of nitrogens with zero attached hydrogens (tertiary/aromatic N) is 5. The summed E-state index contributed by atoms with van der Waals surface area (Å²) in [5.41, 5.74) is 8.71. The number of anilines is 3. The van der Waals surface area contributed by atoms with E-state index in [-0.39, 0.29) is 18.1 Å². The first-order valence-corrected chi connectivity index (χ1v) is 10.5. The van der Waals surface area contributed by atoms with Crippen molar-refractivity contribution < 1.29 is 22.6 Å². The van der Waals surface area contributed by atoms with Crippen LogP contribution in [0.15, 0.2) is 36.8 Å². The SMILES string of the molecule is COc1cc(N(CC2CC2)c2nc(N)cc(COCC(F)(F)F)n2)ccc1-n1cnc(C)c1. The highest BCUT2D eigenvalue weighted by Crippen LogP contribution is 2.37. The Morgan fingerprint density at radius 2 is 2.00 bits per heavy atom. The number of nitrogens with two attached hydrogens (primary N) is 1. The predicted molar refractivity (Wildman–Crippen MR) is 117 cm³/mol. The minimum atomic E-state index is -4.41. The number of alkyl halides is 3. The zero-order chi connectivity index (χ0) is 23.6. The summed E-state index contributed by atoms with van der Waals surface area (Å²) < 4.78 is 49.6. The molecule has 0 saturated heterocycles. The molecule has 4 rings (SSSR count). The van der Waals surface area contributed by atoms with Crippen LogP contribution in [0, 0.1) is 12.8 Å². The van der Waals surface area contributed by atoms with Gasteiger partial charge in [-0.05, 0) is 37.8 Å². The highest BCUT2D eigenvalue weighted by molar-refractivity contribution is 5.65. The molecule has 11 heteroatoms. The number of halogens is 3. The van der Waals surface area contributed by atoms with Crippen molar-refractivity contribution in [3.8, 4) is 11.4 Å². The van der Waals surface area contributed by atoms with Crippen LogP contribution in [0.25, 0.3) is 5.69 Å². The molecule has 0 amide bonds. The Balaban J connectivity index is 1.64. The smallest absolute Gasteiger partial charge is 0.411 e. The summed E-state index contributed by atoms with van der Waals surface area (Å²) in [5, 5.41) is 0. The number of aryl methyl sites for hydroxylation is 1. The molecule has 0 radical (unpaired) electrons. The average molecular weight is 462 g/mol. The van der Waals surface area contributed by atoms with Crippen molar-refractivity contribution in [1.29, 1.82) is 0 Å². The molecule has 0 aliphatic heterocycles. The highest BCUT2D eigenvalue weighted by Gasteiger charge is 2.29. The molecule has 2 N–H and O–H groups in total. The second-order valence-electron chi connectivity index (χ2n) is 8.02. The third-order valence-corrected chi connectivity index (χ3v) is 5.15. The fourth-order valence-corrected chi connectivity index (χ4v) is 3.43. The van der Waals surface area contributed by atoms with Gasteiger partial charge in [-0.25, -0.2) is 9.97 Å². The third-order valence-electron chi connectivity index (χ3n) is 5.15. The Morgan fingerprint density at radius 3 is 2.64 bits per heavy atom. The first-order valence-electron chi connectivity index (χ1n) is 10.5. The maximum Gasteiger partial charge on any atom is 0.411 e. The lowest BCUT2D eigenvalue weighted by Crippen LogP contribution is -2.23. The summed E-state index contributed by atoms with van der Waals surface area (Å²) in [4.78, 5) is 15.0. The van der Waals surface area contributed by atoms with Gasteiger partial charge < -0.3 is 24.7 Å². The van der Waals surface area contributed by atoms with Crippen molar-refractivity contribution in [3.63, 3.8) is 0 Å². The minimum absolute atomic E-state index is 0.156. The van der Waals surface area contributed by atoms with Crippen molar-refractivity contribution in [1.82, 2.24) is 19.5 Å². The molecular formula is C22H25F3N6O2. The Hall–Kier alpha value is -3.34. The van der Waals surface area contributed by atoms with Crippen molar-refractivity contribution >= 4 is 17.5 Å². The molecule has 1 aliphatic carbocycles. The quantitative estimate of drug-likeness (QED) is 0.510. The number of methoxy groups -OCH3 is 1. The van der Waals surface area contributed by atoms with E-state index in [1.54, 1.807) is 13.4 Å². The van der Waals surface area contributed by atoms with Crippen LogP contribution in [0.2, 0.25) is 0 Å². The molecule has 176 valence electrons. The molecule has 2 heterocycles. The number of hydrogen-bond acceptors (Lipinski definition) is 7. The number of imidazole rings is 1. The zero-order valence-electron chi connectivity index (χ0n) is 18.3. The van der Waals surface area contributed by atoms with Gasteiger partial charge in [0.25, 0.3) is 0 Å². The standard InChI is InChI=1S/C22H25F3N6O2/c1-14-9-30(13-27-14)18-6-5-17(8-19(18)32-2)31(10-15-3-4-15)21-28-16(7-20(26)29-21)11-33-12-22(23,24)25/h5-9,13,15H,3-4,10-12H2,1-2H3,(H2,26,28,29). The largest absolute Gasteiger partial charge is 0.494 e.